The Labute approximate surface area is 85.3 Å². The second-order valence-electron chi connectivity index (χ2n) is 4.26. The molecule has 1 saturated heterocycles. The molecule has 0 atom stereocenters. The summed E-state index contributed by atoms with van der Waals surface area (Å²) < 4.78 is 5.91. The lowest BCUT2D eigenvalue weighted by Crippen LogP contribution is -2.58. The van der Waals surface area contributed by atoms with E-state index in [1.165, 1.54) is 0 Å². The van der Waals surface area contributed by atoms with Gasteiger partial charge < -0.3 is 8.46 Å². The standard InChI is InChI=1S/C6H22N2Si4/c1-5(2)7-9-11-8(6(3)4)12-10-7/h5-6H,9-12H2,1-4H3. The molecule has 1 heterocycles. The second kappa shape index (κ2) is 4.87. The number of hydrogen-bond donors (Lipinski definition) is 0. The molecule has 0 radical (unpaired) electrons. The molecular weight excluding hydrogens is 212 g/mol. The number of hydrogen-bond acceptors (Lipinski definition) is 2. The van der Waals surface area contributed by atoms with Gasteiger partial charge in [-0.25, -0.2) is 0 Å². The molecule has 0 N–H and O–H groups in total. The molecule has 1 aliphatic heterocycles. The Hall–Kier alpha value is 0.788. The van der Waals surface area contributed by atoms with Gasteiger partial charge in [0.15, 0.2) is 0 Å². The average Bonchev–Trinajstić information content (AvgIpc) is 2.04. The zero-order valence-corrected chi connectivity index (χ0v) is 14.5. The largest absolute Gasteiger partial charge is 0.356 e. The second-order valence-corrected chi connectivity index (χ2v) is 16.5. The van der Waals surface area contributed by atoms with Crippen LogP contribution in [0.4, 0.5) is 0 Å². The first kappa shape index (κ1) is 10.9. The fraction of sp³-hybridized carbons (Fsp3) is 1.00. The molecule has 0 unspecified atom stereocenters. The molecule has 0 aromatic heterocycles. The summed E-state index contributed by atoms with van der Waals surface area (Å²) >= 11 is 0. The van der Waals surface area contributed by atoms with Gasteiger partial charge in [-0.3, -0.25) is 0 Å². The minimum absolute atomic E-state index is 0.279. The molecule has 1 fully saturated rings. The smallest absolute Gasteiger partial charge is 0.0885 e. The lowest BCUT2D eigenvalue weighted by Gasteiger charge is -2.38. The molecule has 6 heteroatoms. The SMILES string of the molecule is CC(C)N1[SiH2][SiH2]N(C(C)C)[SiH2][SiH2]1. The summed E-state index contributed by atoms with van der Waals surface area (Å²) in [6.07, 6.45) is 0. The van der Waals surface area contributed by atoms with Crippen molar-refractivity contribution in [3.63, 3.8) is 0 Å². The highest BCUT2D eigenvalue weighted by Crippen LogP contribution is 2.01. The highest BCUT2D eigenvalue weighted by atomic mass is 29.2. The monoisotopic (exact) mass is 234 g/mol. The van der Waals surface area contributed by atoms with E-state index in [2.05, 4.69) is 36.2 Å². The van der Waals surface area contributed by atoms with E-state index in [9.17, 15) is 0 Å². The maximum Gasteiger partial charge on any atom is 0.0885 e. The average molecular weight is 235 g/mol. The van der Waals surface area contributed by atoms with Crippen LogP contribution in [0, 0.1) is 0 Å². The van der Waals surface area contributed by atoms with Crippen LogP contribution in [0.5, 0.6) is 0 Å². The van der Waals surface area contributed by atoms with Crippen molar-refractivity contribution in [2.24, 2.45) is 0 Å². The molecule has 72 valence electrons. The van der Waals surface area contributed by atoms with Gasteiger partial charge in [0.1, 0.15) is 0 Å². The Kier molecular flexibility index (Phi) is 4.41. The van der Waals surface area contributed by atoms with Gasteiger partial charge in [0, 0.05) is 0 Å². The molecule has 0 saturated carbocycles. The maximum atomic E-state index is 2.96. The van der Waals surface area contributed by atoms with Gasteiger partial charge in [-0.05, 0) is 12.1 Å². The Morgan fingerprint density at radius 1 is 0.667 bits per heavy atom. The van der Waals surface area contributed by atoms with Crippen LogP contribution in [-0.2, 0) is 0 Å². The molecule has 0 bridgehead atoms. The van der Waals surface area contributed by atoms with E-state index >= 15 is 0 Å². The topological polar surface area (TPSA) is 6.48 Å². The predicted octanol–water partition coefficient (Wildman–Crippen LogP) is -2.41. The Morgan fingerprint density at radius 2 is 0.917 bits per heavy atom. The molecule has 0 aliphatic carbocycles. The molecule has 2 nitrogen and oxygen atoms in total. The molecule has 0 amide bonds. The fourth-order valence-electron chi connectivity index (χ4n) is 1.77. The van der Waals surface area contributed by atoms with E-state index < -0.39 is 0 Å². The van der Waals surface area contributed by atoms with E-state index in [0.29, 0.717) is 0 Å². The van der Waals surface area contributed by atoms with Crippen molar-refractivity contribution in [2.45, 2.75) is 39.8 Å². The first-order valence-electron chi connectivity index (χ1n) is 5.09. The van der Waals surface area contributed by atoms with Crippen LogP contribution >= 0.6 is 0 Å². The number of nitrogens with zero attached hydrogens (tertiary/aromatic N) is 2. The van der Waals surface area contributed by atoms with Crippen LogP contribution in [0.3, 0.4) is 0 Å². The van der Waals surface area contributed by atoms with Gasteiger partial charge in [0.25, 0.3) is 0 Å². The highest BCUT2D eigenvalue weighted by Gasteiger charge is 2.21. The zero-order valence-electron chi connectivity index (χ0n) is 8.88. The number of rotatable bonds is 2. The van der Waals surface area contributed by atoms with Gasteiger partial charge in [0.2, 0.25) is 0 Å². The third kappa shape index (κ3) is 2.93. The molecule has 0 aromatic rings. The molecule has 1 rings (SSSR count). The summed E-state index contributed by atoms with van der Waals surface area (Å²) in [4.78, 5) is 0. The van der Waals surface area contributed by atoms with Crippen molar-refractivity contribution in [3.05, 3.63) is 0 Å². The minimum atomic E-state index is 0.279. The van der Waals surface area contributed by atoms with Crippen molar-refractivity contribution >= 4 is 36.8 Å². The van der Waals surface area contributed by atoms with Crippen molar-refractivity contribution < 1.29 is 0 Å². The summed E-state index contributed by atoms with van der Waals surface area (Å²) in [5.41, 5.74) is 0. The maximum absolute atomic E-state index is 2.96. The van der Waals surface area contributed by atoms with E-state index in [0.717, 1.165) is 12.1 Å². The van der Waals surface area contributed by atoms with Crippen LogP contribution in [0.15, 0.2) is 0 Å². The van der Waals surface area contributed by atoms with Crippen LogP contribution in [0.2, 0.25) is 0 Å². The molecular formula is C6H22N2Si4. The molecule has 12 heavy (non-hydrogen) atoms. The van der Waals surface area contributed by atoms with Crippen molar-refractivity contribution in [1.82, 2.24) is 8.46 Å². The summed E-state index contributed by atoms with van der Waals surface area (Å²) in [5, 5.41) is 0. The van der Waals surface area contributed by atoms with E-state index in [1.54, 1.807) is 0 Å². The van der Waals surface area contributed by atoms with E-state index in [-0.39, 0.29) is 36.8 Å². The van der Waals surface area contributed by atoms with Crippen LogP contribution in [-0.4, -0.2) is 57.3 Å². The summed E-state index contributed by atoms with van der Waals surface area (Å²) in [6.45, 7) is 9.59. The lowest BCUT2D eigenvalue weighted by atomic mass is 10.4. The molecule has 0 aromatic carbocycles. The third-order valence-electron chi connectivity index (χ3n) is 2.81. The van der Waals surface area contributed by atoms with Crippen molar-refractivity contribution in [1.29, 1.82) is 0 Å². The molecule has 0 spiro atoms. The van der Waals surface area contributed by atoms with Crippen molar-refractivity contribution in [3.8, 4) is 0 Å². The summed E-state index contributed by atoms with van der Waals surface area (Å²) in [6, 6.07) is 1.83. The van der Waals surface area contributed by atoms with Gasteiger partial charge in [-0.1, -0.05) is 27.7 Å². The lowest BCUT2D eigenvalue weighted by molar-refractivity contribution is 0.528. The summed E-state index contributed by atoms with van der Waals surface area (Å²) in [7, 11) is 1.12. The highest BCUT2D eigenvalue weighted by molar-refractivity contribution is 7.15. The minimum Gasteiger partial charge on any atom is -0.356 e. The first-order chi connectivity index (χ1) is 5.61. The first-order valence-corrected chi connectivity index (χ1v) is 15.6. The Bertz CT molecular complexity index is 118. The summed E-state index contributed by atoms with van der Waals surface area (Å²) in [5.74, 6) is 0. The normalized spacial score (nSPS) is 30.5. The van der Waals surface area contributed by atoms with Gasteiger partial charge in [-0.15, -0.1) is 0 Å². The van der Waals surface area contributed by atoms with Crippen molar-refractivity contribution in [2.75, 3.05) is 0 Å². The van der Waals surface area contributed by atoms with Gasteiger partial charge in [0.05, 0.1) is 36.8 Å². The van der Waals surface area contributed by atoms with E-state index in [1.807, 2.05) is 0 Å². The zero-order chi connectivity index (χ0) is 9.14. The Balaban J connectivity index is 2.30. The Morgan fingerprint density at radius 3 is 1.08 bits per heavy atom. The van der Waals surface area contributed by atoms with E-state index in [4.69, 9.17) is 0 Å². The molecule has 1 aliphatic rings. The quantitative estimate of drug-likeness (QED) is 0.491. The van der Waals surface area contributed by atoms with Gasteiger partial charge >= 0.3 is 0 Å². The van der Waals surface area contributed by atoms with Gasteiger partial charge in [-0.2, -0.15) is 0 Å². The van der Waals surface area contributed by atoms with Crippen LogP contribution in [0.25, 0.3) is 0 Å². The fourth-order valence-corrected chi connectivity index (χ4v) is 37.1. The van der Waals surface area contributed by atoms with Crippen LogP contribution < -0.4 is 0 Å². The third-order valence-corrected chi connectivity index (χ3v) is 27.9. The predicted molar refractivity (Wildman–Crippen MR) is 68.1 cm³/mol. The van der Waals surface area contributed by atoms with Crippen LogP contribution in [0.1, 0.15) is 27.7 Å².